The zero-order chi connectivity index (χ0) is 10.7. The number of hydrogen-bond donors (Lipinski definition) is 0. The van der Waals surface area contributed by atoms with Gasteiger partial charge in [0.2, 0.25) is 0 Å². The normalized spacial score (nSPS) is 20.4. The van der Waals surface area contributed by atoms with E-state index < -0.39 is 0 Å². The molecule has 0 saturated carbocycles. The fourth-order valence-electron chi connectivity index (χ4n) is 2.03. The van der Waals surface area contributed by atoms with E-state index in [1.807, 2.05) is 0 Å². The average molecular weight is 310 g/mol. The minimum atomic E-state index is 0.378. The molecule has 2 rings (SSSR count). The largest absolute Gasteiger partial charge is 0.381 e. The SMILES string of the molecule is Clc1cc(CC2(CBr)CCOCC2)cs1. The number of halogens is 2. The Hall–Kier alpha value is 0.430. The van der Waals surface area contributed by atoms with E-state index >= 15 is 0 Å². The molecule has 1 saturated heterocycles. The van der Waals surface area contributed by atoms with Gasteiger partial charge in [-0.2, -0.15) is 0 Å². The summed E-state index contributed by atoms with van der Waals surface area (Å²) in [6, 6.07) is 2.09. The van der Waals surface area contributed by atoms with Gasteiger partial charge in [-0.1, -0.05) is 27.5 Å². The molecule has 1 nitrogen and oxygen atoms in total. The summed E-state index contributed by atoms with van der Waals surface area (Å²) >= 11 is 11.2. The van der Waals surface area contributed by atoms with Crippen molar-refractivity contribution in [3.8, 4) is 0 Å². The van der Waals surface area contributed by atoms with Crippen molar-refractivity contribution in [3.63, 3.8) is 0 Å². The fourth-order valence-corrected chi connectivity index (χ4v) is 3.70. The molecule has 0 radical (unpaired) electrons. The van der Waals surface area contributed by atoms with Crippen LogP contribution in [-0.2, 0) is 11.2 Å². The molecular weight excluding hydrogens is 296 g/mol. The van der Waals surface area contributed by atoms with Crippen LogP contribution in [0, 0.1) is 5.41 Å². The van der Waals surface area contributed by atoms with E-state index in [2.05, 4.69) is 27.4 Å². The summed E-state index contributed by atoms with van der Waals surface area (Å²) in [6.07, 6.45) is 3.41. The molecular formula is C11H14BrClOS. The molecule has 0 aliphatic carbocycles. The van der Waals surface area contributed by atoms with Crippen LogP contribution in [-0.4, -0.2) is 18.5 Å². The third-order valence-electron chi connectivity index (χ3n) is 3.04. The average Bonchev–Trinajstić information content (AvgIpc) is 2.65. The minimum absolute atomic E-state index is 0.378. The molecule has 0 amide bonds. The summed E-state index contributed by atoms with van der Waals surface area (Å²) in [6.45, 7) is 1.78. The summed E-state index contributed by atoms with van der Waals surface area (Å²) < 4.78 is 6.32. The van der Waals surface area contributed by atoms with Crippen LogP contribution in [0.3, 0.4) is 0 Å². The molecule has 1 aliphatic heterocycles. The summed E-state index contributed by atoms with van der Waals surface area (Å²) in [7, 11) is 0. The first-order chi connectivity index (χ1) is 7.24. The third kappa shape index (κ3) is 2.96. The summed E-state index contributed by atoms with van der Waals surface area (Å²) in [5, 5.41) is 3.22. The fraction of sp³-hybridized carbons (Fsp3) is 0.636. The Labute approximate surface area is 108 Å². The molecule has 1 aliphatic rings. The lowest BCUT2D eigenvalue weighted by atomic mass is 9.78. The number of thiophene rings is 1. The maximum atomic E-state index is 5.95. The Morgan fingerprint density at radius 2 is 2.20 bits per heavy atom. The minimum Gasteiger partial charge on any atom is -0.381 e. The van der Waals surface area contributed by atoms with Crippen molar-refractivity contribution >= 4 is 38.9 Å². The maximum absolute atomic E-state index is 5.95. The summed E-state index contributed by atoms with van der Waals surface area (Å²) in [5.41, 5.74) is 1.74. The van der Waals surface area contributed by atoms with Crippen LogP contribution < -0.4 is 0 Å². The lowest BCUT2D eigenvalue weighted by Crippen LogP contribution is -2.33. The number of hydrogen-bond acceptors (Lipinski definition) is 2. The van der Waals surface area contributed by atoms with E-state index in [0.717, 1.165) is 42.1 Å². The Morgan fingerprint density at radius 3 is 2.73 bits per heavy atom. The second-order valence-electron chi connectivity index (χ2n) is 4.18. The first kappa shape index (κ1) is 11.9. The smallest absolute Gasteiger partial charge is 0.0931 e. The predicted octanol–water partition coefficient (Wildman–Crippen LogP) is 4.14. The van der Waals surface area contributed by atoms with E-state index in [0.29, 0.717) is 5.41 Å². The van der Waals surface area contributed by atoms with Gasteiger partial charge in [0.25, 0.3) is 0 Å². The molecule has 1 aromatic rings. The Balaban J connectivity index is 2.06. The topological polar surface area (TPSA) is 9.23 Å². The summed E-state index contributed by atoms with van der Waals surface area (Å²) in [4.78, 5) is 0. The van der Waals surface area contributed by atoms with Gasteiger partial charge < -0.3 is 4.74 Å². The van der Waals surface area contributed by atoms with Gasteiger partial charge in [0.15, 0.2) is 0 Å². The molecule has 0 spiro atoms. The molecule has 1 aromatic heterocycles. The molecule has 0 unspecified atom stereocenters. The second-order valence-corrected chi connectivity index (χ2v) is 6.29. The third-order valence-corrected chi connectivity index (χ3v) is 5.37. The molecule has 4 heteroatoms. The molecule has 0 atom stereocenters. The summed E-state index contributed by atoms with van der Waals surface area (Å²) in [5.74, 6) is 0. The van der Waals surface area contributed by atoms with Crippen LogP contribution in [0.2, 0.25) is 4.34 Å². The molecule has 15 heavy (non-hydrogen) atoms. The number of rotatable bonds is 3. The lowest BCUT2D eigenvalue weighted by Gasteiger charge is -2.35. The van der Waals surface area contributed by atoms with E-state index in [-0.39, 0.29) is 0 Å². The molecule has 0 bridgehead atoms. The van der Waals surface area contributed by atoms with Crippen molar-refractivity contribution in [2.45, 2.75) is 19.3 Å². The zero-order valence-corrected chi connectivity index (χ0v) is 11.6. The number of ether oxygens (including phenoxy) is 1. The zero-order valence-electron chi connectivity index (χ0n) is 8.47. The van der Waals surface area contributed by atoms with Crippen LogP contribution in [0.5, 0.6) is 0 Å². The predicted molar refractivity (Wildman–Crippen MR) is 69.3 cm³/mol. The lowest BCUT2D eigenvalue weighted by molar-refractivity contribution is 0.0270. The standard InChI is InChI=1S/C11H14BrClOS/c12-8-11(1-3-14-4-2-11)6-9-5-10(13)15-7-9/h5,7H,1-4,6,8H2. The Bertz CT molecular complexity index is 320. The van der Waals surface area contributed by atoms with Gasteiger partial charge >= 0.3 is 0 Å². The van der Waals surface area contributed by atoms with Gasteiger partial charge in [-0.3, -0.25) is 0 Å². The Kier molecular flexibility index (Phi) is 4.10. The molecule has 0 N–H and O–H groups in total. The van der Waals surface area contributed by atoms with Crippen molar-refractivity contribution in [2.24, 2.45) is 5.41 Å². The van der Waals surface area contributed by atoms with Crippen molar-refractivity contribution in [1.82, 2.24) is 0 Å². The van der Waals surface area contributed by atoms with Crippen LogP contribution in [0.4, 0.5) is 0 Å². The van der Waals surface area contributed by atoms with Gasteiger partial charge in [0.05, 0.1) is 4.34 Å². The van der Waals surface area contributed by atoms with Crippen LogP contribution in [0.25, 0.3) is 0 Å². The molecule has 1 fully saturated rings. The van der Waals surface area contributed by atoms with Crippen molar-refractivity contribution < 1.29 is 4.74 Å². The van der Waals surface area contributed by atoms with E-state index in [9.17, 15) is 0 Å². The van der Waals surface area contributed by atoms with Crippen molar-refractivity contribution in [2.75, 3.05) is 18.5 Å². The van der Waals surface area contributed by atoms with Crippen LogP contribution in [0.15, 0.2) is 11.4 Å². The van der Waals surface area contributed by atoms with Gasteiger partial charge in [0.1, 0.15) is 0 Å². The van der Waals surface area contributed by atoms with Gasteiger partial charge in [0, 0.05) is 18.5 Å². The highest BCUT2D eigenvalue weighted by molar-refractivity contribution is 9.09. The maximum Gasteiger partial charge on any atom is 0.0931 e. The van der Waals surface area contributed by atoms with Gasteiger partial charge in [-0.05, 0) is 41.7 Å². The van der Waals surface area contributed by atoms with Crippen molar-refractivity contribution in [3.05, 3.63) is 21.3 Å². The first-order valence-corrected chi connectivity index (χ1v) is 7.49. The highest BCUT2D eigenvalue weighted by Crippen LogP contribution is 2.37. The quantitative estimate of drug-likeness (QED) is 0.763. The Morgan fingerprint density at radius 1 is 1.47 bits per heavy atom. The highest BCUT2D eigenvalue weighted by Gasteiger charge is 2.31. The molecule has 0 aromatic carbocycles. The first-order valence-electron chi connectivity index (χ1n) is 5.11. The van der Waals surface area contributed by atoms with E-state index in [1.54, 1.807) is 11.3 Å². The number of alkyl halides is 1. The van der Waals surface area contributed by atoms with Crippen molar-refractivity contribution in [1.29, 1.82) is 0 Å². The molecule has 84 valence electrons. The molecule has 2 heterocycles. The van der Waals surface area contributed by atoms with E-state index in [4.69, 9.17) is 16.3 Å². The van der Waals surface area contributed by atoms with Gasteiger partial charge in [-0.15, -0.1) is 11.3 Å². The monoisotopic (exact) mass is 308 g/mol. The highest BCUT2D eigenvalue weighted by atomic mass is 79.9. The van der Waals surface area contributed by atoms with E-state index in [1.165, 1.54) is 5.56 Å². The second kappa shape index (κ2) is 5.17. The van der Waals surface area contributed by atoms with Crippen LogP contribution >= 0.6 is 38.9 Å². The van der Waals surface area contributed by atoms with Crippen LogP contribution in [0.1, 0.15) is 18.4 Å². The van der Waals surface area contributed by atoms with Gasteiger partial charge in [-0.25, -0.2) is 0 Å².